The third-order valence-corrected chi connectivity index (χ3v) is 5.89. The summed E-state index contributed by atoms with van der Waals surface area (Å²) in [5.74, 6) is 0.0318. The number of aryl methyl sites for hydroxylation is 1. The lowest BCUT2D eigenvalue weighted by Crippen LogP contribution is -2.48. The van der Waals surface area contributed by atoms with E-state index < -0.39 is 31.1 Å². The minimum atomic E-state index is -4.36. The largest absolute Gasteiger partial charge is 0.489 e. The van der Waals surface area contributed by atoms with Crippen LogP contribution in [0.5, 0.6) is 5.75 Å². The van der Waals surface area contributed by atoms with Gasteiger partial charge in [0.05, 0.1) is 18.7 Å². The smallest absolute Gasteiger partial charge is 0.390 e. The summed E-state index contributed by atoms with van der Waals surface area (Å²) in [6.07, 6.45) is -5.20. The number of carbonyl (C=O) groups is 1. The van der Waals surface area contributed by atoms with Crippen molar-refractivity contribution >= 4 is 28.8 Å². The van der Waals surface area contributed by atoms with Crippen molar-refractivity contribution in [3.05, 3.63) is 71.8 Å². The second-order valence-corrected chi connectivity index (χ2v) is 8.22. The van der Waals surface area contributed by atoms with Crippen LogP contribution in [-0.2, 0) is 13.0 Å². The van der Waals surface area contributed by atoms with E-state index in [1.165, 1.54) is 0 Å². The summed E-state index contributed by atoms with van der Waals surface area (Å²) in [6.45, 7) is -0.341. The van der Waals surface area contributed by atoms with Crippen molar-refractivity contribution < 1.29 is 22.7 Å². The van der Waals surface area contributed by atoms with Crippen molar-refractivity contribution in [3.63, 3.8) is 0 Å². The molecule has 3 aromatic rings. The molecule has 1 aliphatic rings. The molecule has 1 amide bonds. The van der Waals surface area contributed by atoms with Gasteiger partial charge in [-0.05, 0) is 17.7 Å². The number of ether oxygens (including phenoxy) is 1. The van der Waals surface area contributed by atoms with E-state index >= 15 is 0 Å². The number of alkyl halides is 3. The average Bonchev–Trinajstić information content (AvgIpc) is 3.17. The Morgan fingerprint density at radius 1 is 1.18 bits per heavy atom. The van der Waals surface area contributed by atoms with E-state index in [0.29, 0.717) is 10.7 Å². The number of aromatic nitrogens is 3. The van der Waals surface area contributed by atoms with Crippen LogP contribution >= 0.6 is 12.2 Å². The number of rotatable bonds is 6. The third-order valence-electron chi connectivity index (χ3n) is 5.33. The van der Waals surface area contributed by atoms with E-state index in [0.717, 1.165) is 15.9 Å². The fraction of sp³-hybridized carbons (Fsp3) is 0.304. The van der Waals surface area contributed by atoms with Gasteiger partial charge in [0.1, 0.15) is 29.2 Å². The molecular formula is C23H22F3N5O2S. The van der Waals surface area contributed by atoms with Gasteiger partial charge in [-0.3, -0.25) is 4.79 Å². The highest BCUT2D eigenvalue weighted by Gasteiger charge is 2.30. The molecule has 34 heavy (non-hydrogen) atoms. The van der Waals surface area contributed by atoms with Crippen LogP contribution in [-0.4, -0.2) is 51.5 Å². The number of anilines is 1. The van der Waals surface area contributed by atoms with Crippen molar-refractivity contribution in [2.45, 2.75) is 31.6 Å². The van der Waals surface area contributed by atoms with Crippen LogP contribution in [0.4, 0.5) is 18.9 Å². The number of benzene rings is 2. The van der Waals surface area contributed by atoms with E-state index in [1.807, 2.05) is 48.5 Å². The van der Waals surface area contributed by atoms with E-state index in [-0.39, 0.29) is 24.7 Å². The van der Waals surface area contributed by atoms with Gasteiger partial charge in [-0.25, -0.2) is 9.67 Å². The van der Waals surface area contributed by atoms with Gasteiger partial charge < -0.3 is 15.0 Å². The number of nitrogens with zero attached hydrogens (tertiary/aromatic N) is 4. The molecule has 0 saturated heterocycles. The third kappa shape index (κ3) is 5.53. The molecule has 0 radical (unpaired) electrons. The van der Waals surface area contributed by atoms with E-state index in [9.17, 15) is 18.0 Å². The number of hydrogen-bond donors (Lipinski definition) is 1. The fourth-order valence-corrected chi connectivity index (χ4v) is 3.80. The Balaban J connectivity index is 1.53. The number of fused-ring (bicyclic) bond motifs is 1. The summed E-state index contributed by atoms with van der Waals surface area (Å²) in [4.78, 5) is 19.4. The predicted molar refractivity (Wildman–Crippen MR) is 124 cm³/mol. The van der Waals surface area contributed by atoms with Crippen LogP contribution in [0.25, 0.3) is 0 Å². The van der Waals surface area contributed by atoms with Gasteiger partial charge in [0.25, 0.3) is 5.91 Å². The van der Waals surface area contributed by atoms with Gasteiger partial charge in [0, 0.05) is 13.5 Å². The molecule has 4 rings (SSSR count). The van der Waals surface area contributed by atoms with E-state index in [4.69, 9.17) is 17.0 Å². The Hall–Kier alpha value is -3.47. The average molecular weight is 490 g/mol. The Bertz CT molecular complexity index is 1180. The van der Waals surface area contributed by atoms with Crippen molar-refractivity contribution in [2.75, 3.05) is 18.6 Å². The second-order valence-electron chi connectivity index (χ2n) is 7.80. The van der Waals surface area contributed by atoms with Crippen LogP contribution in [0.2, 0.25) is 0 Å². The number of likely N-dealkylation sites (N-methyl/N-ethyl adjacent to an activating group) is 1. The molecule has 1 atom stereocenters. The van der Waals surface area contributed by atoms with Gasteiger partial charge >= 0.3 is 6.18 Å². The number of amides is 1. The lowest BCUT2D eigenvalue weighted by Gasteiger charge is -2.23. The number of halogens is 3. The van der Waals surface area contributed by atoms with Crippen LogP contribution in [0.1, 0.15) is 28.4 Å². The molecule has 178 valence electrons. The highest BCUT2D eigenvalue weighted by atomic mass is 32.1. The molecule has 11 heteroatoms. The first-order valence-corrected chi connectivity index (χ1v) is 11.0. The van der Waals surface area contributed by atoms with Gasteiger partial charge in [-0.15, -0.1) is 5.10 Å². The highest BCUT2D eigenvalue weighted by molar-refractivity contribution is 7.80. The molecule has 7 nitrogen and oxygen atoms in total. The molecule has 1 aliphatic heterocycles. The summed E-state index contributed by atoms with van der Waals surface area (Å²) < 4.78 is 45.4. The van der Waals surface area contributed by atoms with Crippen molar-refractivity contribution in [2.24, 2.45) is 0 Å². The quantitative estimate of drug-likeness (QED) is 0.532. The summed E-state index contributed by atoms with van der Waals surface area (Å²) in [5.41, 5.74) is 1.61. The van der Waals surface area contributed by atoms with Gasteiger partial charge in [0.2, 0.25) is 5.82 Å². The van der Waals surface area contributed by atoms with Crippen molar-refractivity contribution in [3.8, 4) is 5.75 Å². The van der Waals surface area contributed by atoms with E-state index in [2.05, 4.69) is 15.4 Å². The number of carbonyl (C=O) groups excluding carboxylic acids is 1. The maximum absolute atomic E-state index is 13.0. The molecule has 0 fully saturated rings. The molecular weight excluding hydrogens is 467 g/mol. The lowest BCUT2D eigenvalue weighted by molar-refractivity contribution is -0.137. The molecule has 0 aliphatic carbocycles. The summed E-state index contributed by atoms with van der Waals surface area (Å²) >= 11 is 5.54. The maximum atomic E-state index is 13.0. The Morgan fingerprint density at radius 2 is 1.88 bits per heavy atom. The second kappa shape index (κ2) is 9.80. The van der Waals surface area contributed by atoms with Crippen LogP contribution in [0, 0.1) is 0 Å². The number of thiocarbonyl (C=S) groups is 1. The van der Waals surface area contributed by atoms with Gasteiger partial charge in [0.15, 0.2) is 0 Å². The number of hydrogen-bond acceptors (Lipinski definition) is 5. The molecule has 2 aromatic carbocycles. The topological polar surface area (TPSA) is 72.3 Å². The summed E-state index contributed by atoms with van der Waals surface area (Å²) in [6, 6.07) is 15.8. The minimum absolute atomic E-state index is 0.0948. The monoisotopic (exact) mass is 489 g/mol. The molecule has 1 N–H and O–H groups in total. The highest BCUT2D eigenvalue weighted by Crippen LogP contribution is 2.30. The molecule has 1 aromatic heterocycles. The van der Waals surface area contributed by atoms with Crippen molar-refractivity contribution in [1.29, 1.82) is 0 Å². The Kier molecular flexibility index (Phi) is 6.82. The molecule has 0 spiro atoms. The lowest BCUT2D eigenvalue weighted by atomic mass is 10.1. The Morgan fingerprint density at radius 3 is 2.62 bits per heavy atom. The predicted octanol–water partition coefficient (Wildman–Crippen LogP) is 3.78. The normalized spacial score (nSPS) is 15.9. The minimum Gasteiger partial charge on any atom is -0.489 e. The first-order chi connectivity index (χ1) is 16.2. The Labute approximate surface area is 199 Å². The van der Waals surface area contributed by atoms with E-state index in [1.54, 1.807) is 18.0 Å². The van der Waals surface area contributed by atoms with Gasteiger partial charge in [-0.1, -0.05) is 54.7 Å². The fourth-order valence-electron chi connectivity index (χ4n) is 3.57. The molecule has 0 bridgehead atoms. The molecule has 0 saturated carbocycles. The zero-order chi connectivity index (χ0) is 24.3. The molecule has 0 unspecified atom stereocenters. The summed E-state index contributed by atoms with van der Waals surface area (Å²) in [7, 11) is 1.77. The van der Waals surface area contributed by atoms with Crippen molar-refractivity contribution in [1.82, 2.24) is 20.1 Å². The zero-order valence-electron chi connectivity index (χ0n) is 18.2. The first kappa shape index (κ1) is 23.7. The van der Waals surface area contributed by atoms with Crippen LogP contribution < -0.4 is 15.0 Å². The van der Waals surface area contributed by atoms with Crippen LogP contribution in [0.3, 0.4) is 0 Å². The SMILES string of the molecule is CN1C(=S)[C@@H](NC(=O)c2nc(Cc3ccccc3)n(CCC(F)(F)F)n2)COc2ccccc21. The zero-order valence-corrected chi connectivity index (χ0v) is 19.1. The molecule has 2 heterocycles. The van der Waals surface area contributed by atoms with Gasteiger partial charge in [-0.2, -0.15) is 13.2 Å². The standard InChI is InChI=1S/C23H22F3N5O2S/c1-30-17-9-5-6-10-18(17)33-14-16(22(30)34)27-21(32)20-28-19(13-15-7-3-2-4-8-15)31(29-20)12-11-23(24,25)26/h2-10,16H,11-14H2,1H3,(H,27,32)/t16-/m0/s1. The maximum Gasteiger partial charge on any atom is 0.390 e. The summed E-state index contributed by atoms with van der Waals surface area (Å²) in [5, 5.41) is 6.84. The van der Waals surface area contributed by atoms with Crippen LogP contribution in [0.15, 0.2) is 54.6 Å². The number of para-hydroxylation sites is 2. The number of nitrogens with one attached hydrogen (secondary N) is 1. The first-order valence-electron chi connectivity index (χ1n) is 10.6.